The van der Waals surface area contributed by atoms with Gasteiger partial charge in [-0.1, -0.05) is 17.3 Å². The third-order valence-corrected chi connectivity index (χ3v) is 4.12. The Kier molecular flexibility index (Phi) is 4.52. The molecule has 1 amide bonds. The number of carbonyl (C=O) groups is 1. The average Bonchev–Trinajstić information content (AvgIpc) is 3.38. The van der Waals surface area contributed by atoms with E-state index in [1.165, 1.54) is 0 Å². The number of fused-ring (bicyclic) bond motifs is 1. The van der Waals surface area contributed by atoms with Gasteiger partial charge in [-0.3, -0.25) is 9.59 Å². The first-order chi connectivity index (χ1) is 13.2. The van der Waals surface area contributed by atoms with Gasteiger partial charge in [0.15, 0.2) is 0 Å². The maximum absolute atomic E-state index is 12.9. The van der Waals surface area contributed by atoms with E-state index in [4.69, 9.17) is 8.83 Å². The van der Waals surface area contributed by atoms with E-state index in [1.54, 1.807) is 66.0 Å². The Hall–Kier alpha value is -3.68. The van der Waals surface area contributed by atoms with E-state index in [2.05, 4.69) is 10.3 Å². The molecule has 4 aromatic rings. The summed E-state index contributed by atoms with van der Waals surface area (Å²) in [6.07, 6.45) is 3.09. The highest BCUT2D eigenvalue weighted by molar-refractivity contribution is 5.78. The highest BCUT2D eigenvalue weighted by atomic mass is 16.3. The molecule has 0 aliphatic carbocycles. The number of aromatic nitrogens is 3. The minimum absolute atomic E-state index is 0.224. The maximum atomic E-state index is 12.9. The van der Waals surface area contributed by atoms with Gasteiger partial charge in [-0.15, -0.1) is 5.10 Å². The third kappa shape index (κ3) is 3.64. The highest BCUT2D eigenvalue weighted by Crippen LogP contribution is 2.12. The van der Waals surface area contributed by atoms with Crippen LogP contribution in [0.3, 0.4) is 0 Å². The van der Waals surface area contributed by atoms with Gasteiger partial charge < -0.3 is 13.7 Å². The number of hydrogen-bond acceptors (Lipinski definition) is 6. The van der Waals surface area contributed by atoms with Gasteiger partial charge in [-0.05, 0) is 36.4 Å². The maximum Gasteiger partial charge on any atom is 0.278 e. The van der Waals surface area contributed by atoms with Gasteiger partial charge in [0.05, 0.1) is 31.0 Å². The van der Waals surface area contributed by atoms with Crippen molar-refractivity contribution >= 4 is 16.8 Å². The number of benzene rings is 1. The summed E-state index contributed by atoms with van der Waals surface area (Å²) in [4.78, 5) is 27.0. The summed E-state index contributed by atoms with van der Waals surface area (Å²) < 4.78 is 11.8. The third-order valence-electron chi connectivity index (χ3n) is 4.12. The molecule has 3 heterocycles. The molecule has 8 heteroatoms. The van der Waals surface area contributed by atoms with Crippen molar-refractivity contribution < 1.29 is 13.6 Å². The number of amides is 1. The van der Waals surface area contributed by atoms with E-state index in [0.717, 1.165) is 4.68 Å². The average molecular weight is 364 g/mol. The smallest absolute Gasteiger partial charge is 0.278 e. The van der Waals surface area contributed by atoms with Crippen LogP contribution in [-0.2, 0) is 24.4 Å². The monoisotopic (exact) mass is 364 g/mol. The first-order valence-electron chi connectivity index (χ1n) is 8.36. The molecule has 0 aliphatic rings. The van der Waals surface area contributed by atoms with E-state index >= 15 is 0 Å². The quantitative estimate of drug-likeness (QED) is 0.521. The molecule has 4 rings (SSSR count). The standard InChI is InChI=1S/C19H16N4O4/c24-18(13-23-19(25)16-7-1-2-8-17(16)20-21-23)22(11-14-5-3-9-26-14)12-15-6-4-10-27-15/h1-10H,11-13H2. The Morgan fingerprint density at radius 3 is 2.26 bits per heavy atom. The van der Waals surface area contributed by atoms with Gasteiger partial charge in [-0.2, -0.15) is 0 Å². The van der Waals surface area contributed by atoms with E-state index in [-0.39, 0.29) is 31.1 Å². The second-order valence-electron chi connectivity index (χ2n) is 5.98. The molecule has 1 aromatic carbocycles. The van der Waals surface area contributed by atoms with E-state index in [9.17, 15) is 9.59 Å². The molecule has 0 bridgehead atoms. The van der Waals surface area contributed by atoms with Gasteiger partial charge in [0.1, 0.15) is 23.6 Å². The lowest BCUT2D eigenvalue weighted by Gasteiger charge is -2.20. The molecule has 0 N–H and O–H groups in total. The summed E-state index contributed by atoms with van der Waals surface area (Å²) in [5, 5.41) is 8.31. The molecule has 0 spiro atoms. The van der Waals surface area contributed by atoms with Crippen molar-refractivity contribution in [1.82, 2.24) is 19.9 Å². The SMILES string of the molecule is O=C(Cn1nnc2ccccc2c1=O)N(Cc1ccco1)Cc1ccco1. The van der Waals surface area contributed by atoms with Crippen LogP contribution < -0.4 is 5.56 Å². The van der Waals surface area contributed by atoms with Gasteiger partial charge in [0.2, 0.25) is 5.91 Å². The van der Waals surface area contributed by atoms with Crippen LogP contribution in [0.15, 0.2) is 74.7 Å². The molecule has 0 saturated carbocycles. The zero-order chi connectivity index (χ0) is 18.6. The number of furan rings is 2. The minimum Gasteiger partial charge on any atom is -0.467 e. The van der Waals surface area contributed by atoms with Crippen LogP contribution in [-0.4, -0.2) is 25.8 Å². The molecule has 0 saturated heterocycles. The Labute approximate surface area is 153 Å². The molecule has 0 aliphatic heterocycles. The number of rotatable bonds is 6. The van der Waals surface area contributed by atoms with Crippen molar-refractivity contribution in [3.05, 3.63) is 82.9 Å². The Morgan fingerprint density at radius 1 is 0.963 bits per heavy atom. The predicted molar refractivity (Wildman–Crippen MR) is 95.5 cm³/mol. The van der Waals surface area contributed by atoms with Crippen LogP contribution in [0.2, 0.25) is 0 Å². The second kappa shape index (κ2) is 7.28. The summed E-state index contributed by atoms with van der Waals surface area (Å²) in [5.41, 5.74) is 0.138. The van der Waals surface area contributed by atoms with Crippen LogP contribution in [0.5, 0.6) is 0 Å². The zero-order valence-corrected chi connectivity index (χ0v) is 14.3. The molecule has 0 radical (unpaired) electrons. The van der Waals surface area contributed by atoms with E-state index < -0.39 is 0 Å². The Balaban J connectivity index is 1.59. The molecular weight excluding hydrogens is 348 g/mol. The van der Waals surface area contributed by atoms with Crippen LogP contribution in [0.4, 0.5) is 0 Å². The van der Waals surface area contributed by atoms with Crippen LogP contribution in [0.1, 0.15) is 11.5 Å². The summed E-state index contributed by atoms with van der Waals surface area (Å²) in [5.74, 6) is 0.966. The lowest BCUT2D eigenvalue weighted by atomic mass is 10.2. The normalized spacial score (nSPS) is 11.0. The van der Waals surface area contributed by atoms with E-state index in [0.29, 0.717) is 22.4 Å². The largest absolute Gasteiger partial charge is 0.467 e. The first kappa shape index (κ1) is 16.8. The molecule has 27 heavy (non-hydrogen) atoms. The fraction of sp³-hybridized carbons (Fsp3) is 0.158. The van der Waals surface area contributed by atoms with Crippen molar-refractivity contribution in [3.63, 3.8) is 0 Å². The Bertz CT molecular complexity index is 1060. The van der Waals surface area contributed by atoms with Gasteiger partial charge in [0, 0.05) is 0 Å². The fourth-order valence-corrected chi connectivity index (χ4v) is 2.77. The van der Waals surface area contributed by atoms with Crippen molar-refractivity contribution in [1.29, 1.82) is 0 Å². The summed E-state index contributed by atoms with van der Waals surface area (Å²) >= 11 is 0. The number of carbonyl (C=O) groups excluding carboxylic acids is 1. The molecular formula is C19H16N4O4. The lowest BCUT2D eigenvalue weighted by molar-refractivity contribution is -0.134. The molecule has 136 valence electrons. The zero-order valence-electron chi connectivity index (χ0n) is 14.3. The van der Waals surface area contributed by atoms with Gasteiger partial charge in [0.25, 0.3) is 5.56 Å². The summed E-state index contributed by atoms with van der Waals surface area (Å²) in [6.45, 7) is 0.280. The predicted octanol–water partition coefficient (Wildman–Crippen LogP) is 2.21. The topological polar surface area (TPSA) is 94.4 Å². The second-order valence-corrected chi connectivity index (χ2v) is 5.98. The molecule has 8 nitrogen and oxygen atoms in total. The van der Waals surface area contributed by atoms with Crippen LogP contribution >= 0.6 is 0 Å². The Morgan fingerprint density at radius 2 is 1.63 bits per heavy atom. The van der Waals surface area contributed by atoms with Gasteiger partial charge in [-0.25, -0.2) is 4.68 Å². The first-order valence-corrected chi connectivity index (χ1v) is 8.36. The van der Waals surface area contributed by atoms with Crippen molar-refractivity contribution in [2.24, 2.45) is 0 Å². The molecule has 0 atom stereocenters. The van der Waals surface area contributed by atoms with Crippen molar-refractivity contribution in [2.45, 2.75) is 19.6 Å². The molecule has 0 unspecified atom stereocenters. The van der Waals surface area contributed by atoms with Gasteiger partial charge >= 0.3 is 0 Å². The molecule has 3 aromatic heterocycles. The van der Waals surface area contributed by atoms with Crippen LogP contribution in [0.25, 0.3) is 10.9 Å². The molecule has 0 fully saturated rings. The summed E-state index contributed by atoms with van der Waals surface area (Å²) in [7, 11) is 0. The van der Waals surface area contributed by atoms with Crippen molar-refractivity contribution in [3.8, 4) is 0 Å². The lowest BCUT2D eigenvalue weighted by Crippen LogP contribution is -2.37. The number of hydrogen-bond donors (Lipinski definition) is 0. The van der Waals surface area contributed by atoms with E-state index in [1.807, 2.05) is 0 Å². The highest BCUT2D eigenvalue weighted by Gasteiger charge is 2.19. The fourth-order valence-electron chi connectivity index (χ4n) is 2.77. The number of nitrogens with zero attached hydrogens (tertiary/aromatic N) is 4. The minimum atomic E-state index is -0.357. The van der Waals surface area contributed by atoms with Crippen molar-refractivity contribution in [2.75, 3.05) is 0 Å². The summed E-state index contributed by atoms with van der Waals surface area (Å²) in [6, 6.07) is 14.0. The van der Waals surface area contributed by atoms with Crippen LogP contribution in [0, 0.1) is 0 Å².